The van der Waals surface area contributed by atoms with Gasteiger partial charge in [0.1, 0.15) is 18.1 Å². The molecule has 2 heterocycles. The minimum absolute atomic E-state index is 0.120. The van der Waals surface area contributed by atoms with E-state index in [9.17, 15) is 4.79 Å². The van der Waals surface area contributed by atoms with Gasteiger partial charge in [0.2, 0.25) is 0 Å². The first-order chi connectivity index (χ1) is 11.7. The van der Waals surface area contributed by atoms with Crippen LogP contribution in [0.5, 0.6) is 11.5 Å². The average molecular weight is 348 g/mol. The maximum absolute atomic E-state index is 12.5. The molecular formula is C17H18ClN3O3. The summed E-state index contributed by atoms with van der Waals surface area (Å²) in [7, 11) is 0. The number of nitrogens with zero attached hydrogens (tertiary/aromatic N) is 2. The number of amides is 1. The molecule has 24 heavy (non-hydrogen) atoms. The van der Waals surface area contributed by atoms with Gasteiger partial charge in [-0.15, -0.1) is 0 Å². The van der Waals surface area contributed by atoms with Crippen LogP contribution in [0, 0.1) is 0 Å². The number of pyridine rings is 1. The van der Waals surface area contributed by atoms with E-state index < -0.39 is 6.09 Å². The number of benzene rings is 1. The Morgan fingerprint density at radius 3 is 3.00 bits per heavy atom. The summed E-state index contributed by atoms with van der Waals surface area (Å²) >= 11 is 5.92. The SMILES string of the molecule is O=C(Oc1cccc(Cl)c1)N1CCNCC1COc1cccnc1. The smallest absolute Gasteiger partial charge is 0.415 e. The summed E-state index contributed by atoms with van der Waals surface area (Å²) in [5, 5.41) is 3.79. The fourth-order valence-corrected chi connectivity index (χ4v) is 2.65. The van der Waals surface area contributed by atoms with E-state index in [1.54, 1.807) is 47.6 Å². The molecule has 2 aromatic rings. The number of nitrogens with one attached hydrogen (secondary N) is 1. The molecule has 0 saturated carbocycles. The van der Waals surface area contributed by atoms with Gasteiger partial charge < -0.3 is 14.8 Å². The van der Waals surface area contributed by atoms with E-state index in [2.05, 4.69) is 10.3 Å². The first kappa shape index (κ1) is 16.5. The number of carbonyl (C=O) groups is 1. The second kappa shape index (κ2) is 7.99. The zero-order valence-corrected chi connectivity index (χ0v) is 13.8. The summed E-state index contributed by atoms with van der Waals surface area (Å²) in [6, 6.07) is 10.3. The van der Waals surface area contributed by atoms with Crippen LogP contribution in [0.1, 0.15) is 0 Å². The van der Waals surface area contributed by atoms with Crippen LogP contribution in [-0.2, 0) is 0 Å². The van der Waals surface area contributed by atoms with Crippen LogP contribution in [-0.4, -0.2) is 48.3 Å². The Labute approximate surface area is 145 Å². The van der Waals surface area contributed by atoms with Gasteiger partial charge >= 0.3 is 6.09 Å². The number of hydrogen-bond donors (Lipinski definition) is 1. The molecule has 1 aliphatic heterocycles. The van der Waals surface area contributed by atoms with Crippen molar-refractivity contribution in [2.75, 3.05) is 26.2 Å². The highest BCUT2D eigenvalue weighted by molar-refractivity contribution is 6.30. The summed E-state index contributed by atoms with van der Waals surface area (Å²) in [5.41, 5.74) is 0. The quantitative estimate of drug-likeness (QED) is 0.921. The summed E-state index contributed by atoms with van der Waals surface area (Å²) in [5.74, 6) is 1.10. The van der Waals surface area contributed by atoms with Gasteiger partial charge in [-0.05, 0) is 30.3 Å². The highest BCUT2D eigenvalue weighted by Crippen LogP contribution is 2.19. The molecule has 6 nitrogen and oxygen atoms in total. The van der Waals surface area contributed by atoms with Gasteiger partial charge in [-0.1, -0.05) is 17.7 Å². The third-order valence-electron chi connectivity index (χ3n) is 3.66. The second-order valence-electron chi connectivity index (χ2n) is 5.38. The molecule has 1 aromatic carbocycles. The van der Waals surface area contributed by atoms with Gasteiger partial charge in [-0.3, -0.25) is 9.88 Å². The minimum atomic E-state index is -0.404. The Morgan fingerprint density at radius 1 is 1.33 bits per heavy atom. The van der Waals surface area contributed by atoms with Crippen LogP contribution in [0.2, 0.25) is 5.02 Å². The highest BCUT2D eigenvalue weighted by atomic mass is 35.5. The number of hydrogen-bond acceptors (Lipinski definition) is 5. The molecule has 1 saturated heterocycles. The van der Waals surface area contributed by atoms with Crippen molar-refractivity contribution in [3.8, 4) is 11.5 Å². The normalized spacial score (nSPS) is 17.4. The number of rotatable bonds is 4. The van der Waals surface area contributed by atoms with E-state index in [1.165, 1.54) is 0 Å². The van der Waals surface area contributed by atoms with Crippen molar-refractivity contribution in [1.29, 1.82) is 0 Å². The fraction of sp³-hybridized carbons (Fsp3) is 0.294. The van der Waals surface area contributed by atoms with Gasteiger partial charge in [0, 0.05) is 30.9 Å². The van der Waals surface area contributed by atoms with Crippen LogP contribution in [0.15, 0.2) is 48.8 Å². The fourth-order valence-electron chi connectivity index (χ4n) is 2.47. The molecule has 1 aliphatic rings. The van der Waals surface area contributed by atoms with Crippen molar-refractivity contribution in [2.24, 2.45) is 0 Å². The lowest BCUT2D eigenvalue weighted by Crippen LogP contribution is -2.56. The van der Waals surface area contributed by atoms with Crippen molar-refractivity contribution in [3.05, 3.63) is 53.8 Å². The van der Waals surface area contributed by atoms with Crippen LogP contribution >= 0.6 is 11.6 Å². The van der Waals surface area contributed by atoms with Gasteiger partial charge in [-0.2, -0.15) is 0 Å². The molecule has 1 amide bonds. The molecule has 1 N–H and O–H groups in total. The lowest BCUT2D eigenvalue weighted by atomic mass is 10.2. The van der Waals surface area contributed by atoms with Crippen molar-refractivity contribution in [2.45, 2.75) is 6.04 Å². The van der Waals surface area contributed by atoms with Gasteiger partial charge in [0.25, 0.3) is 0 Å². The van der Waals surface area contributed by atoms with Crippen molar-refractivity contribution in [3.63, 3.8) is 0 Å². The first-order valence-electron chi connectivity index (χ1n) is 7.70. The van der Waals surface area contributed by atoms with Crippen LogP contribution < -0.4 is 14.8 Å². The molecule has 7 heteroatoms. The van der Waals surface area contributed by atoms with Crippen molar-refractivity contribution >= 4 is 17.7 Å². The molecule has 1 aromatic heterocycles. The summed E-state index contributed by atoms with van der Waals surface area (Å²) in [6.07, 6.45) is 2.92. The largest absolute Gasteiger partial charge is 0.490 e. The Morgan fingerprint density at radius 2 is 2.21 bits per heavy atom. The molecule has 1 atom stereocenters. The monoisotopic (exact) mass is 347 g/mol. The average Bonchev–Trinajstić information content (AvgIpc) is 2.61. The highest BCUT2D eigenvalue weighted by Gasteiger charge is 2.28. The zero-order valence-electron chi connectivity index (χ0n) is 13.0. The van der Waals surface area contributed by atoms with E-state index in [1.807, 2.05) is 6.07 Å². The maximum atomic E-state index is 12.5. The predicted octanol–water partition coefficient (Wildman–Crippen LogP) is 2.59. The number of halogens is 1. The summed E-state index contributed by atoms with van der Waals surface area (Å²) < 4.78 is 11.1. The lowest BCUT2D eigenvalue weighted by Gasteiger charge is -2.35. The molecule has 0 aliphatic carbocycles. The molecule has 1 unspecified atom stereocenters. The van der Waals surface area contributed by atoms with E-state index >= 15 is 0 Å². The van der Waals surface area contributed by atoms with Crippen molar-refractivity contribution in [1.82, 2.24) is 15.2 Å². The van der Waals surface area contributed by atoms with Crippen LogP contribution in [0.3, 0.4) is 0 Å². The maximum Gasteiger partial charge on any atom is 0.415 e. The van der Waals surface area contributed by atoms with Crippen LogP contribution in [0.4, 0.5) is 4.79 Å². The molecule has 1 fully saturated rings. The Bertz CT molecular complexity index is 684. The summed E-state index contributed by atoms with van der Waals surface area (Å²) in [6.45, 7) is 2.28. The minimum Gasteiger partial charge on any atom is -0.490 e. The molecule has 3 rings (SSSR count). The molecular weight excluding hydrogens is 330 g/mol. The molecule has 126 valence electrons. The number of piperazine rings is 1. The van der Waals surface area contributed by atoms with Crippen molar-refractivity contribution < 1.29 is 14.3 Å². The van der Waals surface area contributed by atoms with E-state index in [0.717, 1.165) is 0 Å². The Hall–Kier alpha value is -2.31. The Kier molecular flexibility index (Phi) is 5.51. The standard InChI is InChI=1S/C17H18ClN3O3/c18-13-3-1-4-15(9-13)24-17(22)21-8-7-20-10-14(21)12-23-16-5-2-6-19-11-16/h1-6,9,11,14,20H,7-8,10,12H2. The summed E-state index contributed by atoms with van der Waals surface area (Å²) in [4.78, 5) is 18.1. The van der Waals surface area contributed by atoms with E-state index in [4.69, 9.17) is 21.1 Å². The third kappa shape index (κ3) is 4.37. The van der Waals surface area contributed by atoms with Gasteiger partial charge in [-0.25, -0.2) is 4.79 Å². The van der Waals surface area contributed by atoms with Gasteiger partial charge in [0.05, 0.1) is 12.2 Å². The third-order valence-corrected chi connectivity index (χ3v) is 3.90. The van der Waals surface area contributed by atoms with Gasteiger partial charge in [0.15, 0.2) is 0 Å². The van der Waals surface area contributed by atoms with Crippen LogP contribution in [0.25, 0.3) is 0 Å². The topological polar surface area (TPSA) is 63.7 Å². The number of carbonyl (C=O) groups excluding carboxylic acids is 1. The molecule has 0 bridgehead atoms. The Balaban J connectivity index is 1.62. The lowest BCUT2D eigenvalue weighted by molar-refractivity contribution is 0.0953. The second-order valence-corrected chi connectivity index (χ2v) is 5.81. The number of aromatic nitrogens is 1. The first-order valence-corrected chi connectivity index (χ1v) is 8.08. The molecule has 0 spiro atoms. The predicted molar refractivity (Wildman–Crippen MR) is 90.6 cm³/mol. The molecule has 0 radical (unpaired) electrons. The zero-order chi connectivity index (χ0) is 16.8. The number of ether oxygens (including phenoxy) is 2. The van der Waals surface area contributed by atoms with E-state index in [0.29, 0.717) is 42.8 Å². The van der Waals surface area contributed by atoms with E-state index in [-0.39, 0.29) is 6.04 Å².